The van der Waals surface area contributed by atoms with Crippen LogP contribution in [0.4, 0.5) is 31.4 Å². The van der Waals surface area contributed by atoms with Gasteiger partial charge in [0.15, 0.2) is 5.78 Å². The van der Waals surface area contributed by atoms with Gasteiger partial charge in [-0.05, 0) is 70.5 Å². The number of primary amides is 1. The molecule has 2 aliphatic rings. The van der Waals surface area contributed by atoms with Crippen LogP contribution in [0.3, 0.4) is 0 Å². The standard InChI is InChI=1S/C75H96Cl2N9O22PS2/c1-48(2)69(82-65(88)21-26-104-47-105-37-36-103-35-34-102-33-32-101-31-30-100-29-28-99-27-23-79-66(89)46-110)60(87)38-50(10-9-22-80-73(78)93)70(90)81-53-17-15-49(16-18-53)45-106-74(94)83(3)24-25-84(4)75(95)107-61-39-58-67(56-13-7-5-11-54(56)61)51(41-76)43-85(58)71(91)63-19-20-64(111-63)72(92)86-44-52(42-77)68-57-14-8-6-12-55(57)62(40-59(68)86)108-109(96,97)98/h5-8,11-20,39-40,48,50-52,69,110H,9-10,21-38,41-47H2,1-4H3,(H,79,89)(H,81,90)(H,82,88)(H3,78,80,93)(H2,96,97,98)/t50-,51-,52-,69+/m1/s1. The first-order valence-electron chi connectivity index (χ1n) is 36.1. The zero-order chi connectivity index (χ0) is 80.0. The number of phosphoric acid groups is 1. The van der Waals surface area contributed by atoms with Gasteiger partial charge in [-0.1, -0.05) is 74.5 Å². The van der Waals surface area contributed by atoms with Crippen molar-refractivity contribution in [2.75, 3.05) is 172 Å². The summed E-state index contributed by atoms with van der Waals surface area (Å²) in [7, 11) is -2.00. The van der Waals surface area contributed by atoms with E-state index in [4.69, 9.17) is 76.1 Å². The largest absolute Gasteiger partial charge is 0.524 e. The van der Waals surface area contributed by atoms with Gasteiger partial charge in [0.25, 0.3) is 11.8 Å². The average Bonchev–Trinajstić information content (AvgIpc) is 1.62. The number of ketones is 1. The van der Waals surface area contributed by atoms with Crippen molar-refractivity contribution in [1.29, 1.82) is 0 Å². The fourth-order valence-corrected chi connectivity index (χ4v) is 14.2. The molecule has 111 heavy (non-hydrogen) atoms. The van der Waals surface area contributed by atoms with Gasteiger partial charge >= 0.3 is 26.0 Å². The molecule has 0 saturated carbocycles. The SMILES string of the molecule is CC(C)[C@H](NC(=O)CCOCOCCOCCOCCOCCOCCOCCNC(=O)CS)C(=O)C[C@@H](CCCNC(N)=O)C(=O)Nc1ccc(COC(=O)N(C)CCN(C)C(=O)Oc2cc3c(c4ccccc24)[C@H](CCl)CN3C(=O)c2ccc(C(=O)N3C[C@@H](CCl)c4c3cc(OP(=O)(O)O)c3ccccc43)s2)cc1. The number of rotatable bonds is 47. The van der Waals surface area contributed by atoms with Crippen LogP contribution in [-0.2, 0) is 68.2 Å². The second kappa shape index (κ2) is 44.9. The number of phosphoric ester groups is 1. The number of hydrogen-bond donors (Lipinski definition) is 8. The summed E-state index contributed by atoms with van der Waals surface area (Å²) in [4.78, 5) is 145. The molecule has 6 aromatic rings. The Morgan fingerprint density at radius 2 is 1.13 bits per heavy atom. The minimum Gasteiger partial charge on any atom is -0.445 e. The number of likely N-dealkylation sites (N-methyl/N-ethyl adjacent to an activating group) is 2. The minimum absolute atomic E-state index is 0.0131. The Labute approximate surface area is 662 Å². The van der Waals surface area contributed by atoms with Crippen molar-refractivity contribution in [3.63, 3.8) is 0 Å². The van der Waals surface area contributed by atoms with Crippen molar-refractivity contribution in [2.24, 2.45) is 17.6 Å². The summed E-state index contributed by atoms with van der Waals surface area (Å²) in [6.07, 6.45) is -1.25. The molecule has 0 aliphatic carbocycles. The molecule has 9 amide bonds. The number of thiophene rings is 1. The first-order valence-corrected chi connectivity index (χ1v) is 40.1. The van der Waals surface area contributed by atoms with E-state index in [0.717, 1.165) is 22.5 Å². The highest BCUT2D eigenvalue weighted by molar-refractivity contribution is 7.81. The second-order valence-electron chi connectivity index (χ2n) is 26.3. The van der Waals surface area contributed by atoms with E-state index in [0.29, 0.717) is 123 Å². The van der Waals surface area contributed by atoms with Gasteiger partial charge in [0.2, 0.25) is 17.7 Å². The highest BCUT2D eigenvalue weighted by atomic mass is 35.5. The van der Waals surface area contributed by atoms with Gasteiger partial charge in [0.1, 0.15) is 24.9 Å². The summed E-state index contributed by atoms with van der Waals surface area (Å²) in [5, 5.41) is 13.1. The first kappa shape index (κ1) is 88.3. The van der Waals surface area contributed by atoms with Crippen molar-refractivity contribution in [3.8, 4) is 11.5 Å². The van der Waals surface area contributed by atoms with Crippen LogP contribution in [0.1, 0.15) is 87.4 Å². The second-order valence-corrected chi connectivity index (χ2v) is 29.5. The van der Waals surface area contributed by atoms with E-state index in [1.54, 1.807) is 97.6 Å². The van der Waals surface area contributed by atoms with Crippen molar-refractivity contribution in [2.45, 2.75) is 64.0 Å². The number of nitrogens with one attached hydrogen (secondary N) is 4. The molecular formula is C75H96Cl2N9O22PS2. The topological polar surface area (TPSA) is 391 Å². The number of fused-ring (bicyclic) bond motifs is 6. The molecular weight excluding hydrogens is 1540 g/mol. The van der Waals surface area contributed by atoms with Crippen molar-refractivity contribution in [1.82, 2.24) is 25.8 Å². The van der Waals surface area contributed by atoms with Crippen LogP contribution in [0, 0.1) is 11.8 Å². The number of nitrogens with two attached hydrogens (primary N) is 1. The molecule has 31 nitrogen and oxygen atoms in total. The lowest BCUT2D eigenvalue weighted by Crippen LogP contribution is -2.45. The summed E-state index contributed by atoms with van der Waals surface area (Å²) in [6, 6.07) is 25.2. The van der Waals surface area contributed by atoms with Gasteiger partial charge in [-0.15, -0.1) is 34.5 Å². The predicted octanol–water partition coefficient (Wildman–Crippen LogP) is 8.80. The summed E-state index contributed by atoms with van der Waals surface area (Å²) in [6.45, 7) is 8.33. The maximum Gasteiger partial charge on any atom is 0.524 e. The third kappa shape index (κ3) is 26.7. The molecule has 0 unspecified atom stereocenters. The number of hydrogen-bond acceptors (Lipinski definition) is 22. The van der Waals surface area contributed by atoms with E-state index in [1.807, 2.05) is 12.1 Å². The monoisotopic (exact) mass is 1640 g/mol. The fraction of sp³-hybridized carbons (Fsp3) is 0.480. The van der Waals surface area contributed by atoms with Gasteiger partial charge < -0.3 is 93.8 Å². The number of carbonyl (C=O) groups is 9. The van der Waals surface area contributed by atoms with E-state index in [-0.39, 0.29) is 147 Å². The molecule has 1 aromatic heterocycles. The Morgan fingerprint density at radius 1 is 0.631 bits per heavy atom. The highest BCUT2D eigenvalue weighted by Gasteiger charge is 2.40. The molecule has 36 heteroatoms. The average molecular weight is 1640 g/mol. The van der Waals surface area contributed by atoms with Gasteiger partial charge in [-0.2, -0.15) is 12.6 Å². The minimum atomic E-state index is -5.01. The van der Waals surface area contributed by atoms with E-state index in [2.05, 4.69) is 33.9 Å². The number of alkyl halides is 2. The number of thiol groups is 1. The summed E-state index contributed by atoms with van der Waals surface area (Å²) >= 11 is 18.0. The smallest absolute Gasteiger partial charge is 0.445 e. The number of ether oxygens (including phenoxy) is 9. The van der Waals surface area contributed by atoms with Crippen LogP contribution in [0.5, 0.6) is 11.5 Å². The summed E-state index contributed by atoms with van der Waals surface area (Å²) < 4.78 is 67.0. The van der Waals surface area contributed by atoms with Crippen LogP contribution in [0.2, 0.25) is 0 Å². The zero-order valence-corrected chi connectivity index (χ0v) is 66.3. The number of nitrogens with zero attached hydrogens (tertiary/aromatic N) is 4. The lowest BCUT2D eigenvalue weighted by molar-refractivity contribution is -0.132. The Balaban J connectivity index is 0.751. The van der Waals surface area contributed by atoms with Crippen molar-refractivity contribution >= 4 is 147 Å². The molecule has 0 bridgehead atoms. The molecule has 0 fully saturated rings. The molecule has 8 N–H and O–H groups in total. The number of Topliss-reactive ketones (excluding diaryl/α,β-unsaturated/α-hetero) is 1. The Kier molecular flexibility index (Phi) is 35.7. The first-order chi connectivity index (χ1) is 53.4. The maximum absolute atomic E-state index is 14.7. The van der Waals surface area contributed by atoms with Gasteiger partial charge in [-0.3, -0.25) is 38.6 Å². The Hall–Kier alpha value is -8.25. The molecule has 8 rings (SSSR count). The lowest BCUT2D eigenvalue weighted by atomic mass is 9.89. The molecule has 604 valence electrons. The molecule has 5 aromatic carbocycles. The van der Waals surface area contributed by atoms with Gasteiger partial charge in [0.05, 0.1) is 119 Å². The predicted molar refractivity (Wildman–Crippen MR) is 421 cm³/mol. The van der Waals surface area contributed by atoms with E-state index in [1.165, 1.54) is 34.9 Å². The third-order valence-electron chi connectivity index (χ3n) is 17.9. The maximum atomic E-state index is 14.7. The molecule has 4 atom stereocenters. The normalized spacial score (nSPS) is 14.4. The number of anilines is 3. The fourth-order valence-electron chi connectivity index (χ4n) is 12.3. The van der Waals surface area contributed by atoms with Crippen molar-refractivity contribution in [3.05, 3.63) is 124 Å². The van der Waals surface area contributed by atoms with Gasteiger partial charge in [0, 0.05) is 118 Å². The molecule has 0 saturated heterocycles. The van der Waals surface area contributed by atoms with E-state index < -0.39 is 61.6 Å². The van der Waals surface area contributed by atoms with Crippen molar-refractivity contribution < 1.29 is 105 Å². The molecule has 2 aliphatic heterocycles. The number of benzene rings is 5. The Bertz CT molecular complexity index is 4200. The third-order valence-corrected chi connectivity index (χ3v) is 20.5. The highest BCUT2D eigenvalue weighted by Crippen LogP contribution is 2.50. The van der Waals surface area contributed by atoms with Crippen LogP contribution in [-0.4, -0.2) is 236 Å². The molecule has 0 radical (unpaired) electrons. The number of carbonyl (C=O) groups excluding carboxylic acids is 9. The van der Waals surface area contributed by atoms with Crippen LogP contribution in [0.25, 0.3) is 21.5 Å². The zero-order valence-electron chi connectivity index (χ0n) is 62.2. The Morgan fingerprint density at radius 3 is 1.64 bits per heavy atom. The van der Waals surface area contributed by atoms with Crippen LogP contribution in [0.15, 0.2) is 97.1 Å². The summed E-state index contributed by atoms with van der Waals surface area (Å²) in [5.74, 6) is -3.73. The van der Waals surface area contributed by atoms with Crippen LogP contribution < -0.4 is 46.1 Å². The number of urea groups is 1. The number of halogens is 2. The van der Waals surface area contributed by atoms with Gasteiger partial charge in [-0.25, -0.2) is 18.9 Å². The lowest BCUT2D eigenvalue weighted by Gasteiger charge is -2.24. The van der Waals surface area contributed by atoms with E-state index >= 15 is 0 Å². The number of amides is 9. The molecule has 0 spiro atoms. The van der Waals surface area contributed by atoms with E-state index in [9.17, 15) is 57.5 Å². The molecule has 3 heterocycles. The quantitative estimate of drug-likeness (QED) is 0.00581. The summed E-state index contributed by atoms with van der Waals surface area (Å²) in [5.41, 5.74) is 8.54. The van der Waals surface area contributed by atoms with Crippen LogP contribution >= 0.6 is 55.0 Å².